The van der Waals surface area contributed by atoms with Gasteiger partial charge in [0.05, 0.1) is 11.7 Å². The van der Waals surface area contributed by atoms with Crippen LogP contribution in [0.4, 0.5) is 0 Å². The van der Waals surface area contributed by atoms with Gasteiger partial charge in [0.1, 0.15) is 11.4 Å². The highest BCUT2D eigenvalue weighted by Crippen LogP contribution is 2.36. The molecule has 0 radical (unpaired) electrons. The van der Waals surface area contributed by atoms with Crippen LogP contribution in [0.3, 0.4) is 0 Å². The minimum atomic E-state index is -0.140. The van der Waals surface area contributed by atoms with E-state index in [-0.39, 0.29) is 24.1 Å². The van der Waals surface area contributed by atoms with Crippen LogP contribution in [0.25, 0.3) is 21.3 Å². The van der Waals surface area contributed by atoms with Gasteiger partial charge in [-0.05, 0) is 37.0 Å². The standard InChI is InChI=1S/C23H26BrN3O2S/c1-3-18-20(15-9-11-16(24)12-10-15)21-22(30-18)25-14-27(23(21)29)13-19(28)26(2)17-7-5-4-6-8-17/h9-12,14,17H,3-8,13H2,1-2H3. The molecule has 0 N–H and O–H groups in total. The Labute approximate surface area is 188 Å². The Hall–Kier alpha value is -1.99. The number of carbonyl (C=O) groups excluding carboxylic acids is 1. The van der Waals surface area contributed by atoms with E-state index in [9.17, 15) is 9.59 Å². The van der Waals surface area contributed by atoms with E-state index in [1.807, 2.05) is 36.2 Å². The summed E-state index contributed by atoms with van der Waals surface area (Å²) in [4.78, 5) is 34.5. The van der Waals surface area contributed by atoms with Gasteiger partial charge in [-0.1, -0.05) is 54.2 Å². The molecule has 1 fully saturated rings. The molecular formula is C23H26BrN3O2S. The first-order chi connectivity index (χ1) is 14.5. The van der Waals surface area contributed by atoms with E-state index in [0.29, 0.717) is 5.39 Å². The van der Waals surface area contributed by atoms with Crippen molar-refractivity contribution in [3.05, 3.63) is 50.3 Å². The Bertz CT molecular complexity index is 1110. The van der Waals surface area contributed by atoms with Crippen molar-refractivity contribution >= 4 is 43.4 Å². The number of likely N-dealkylation sites (N-methyl/N-ethyl adjacent to an activating group) is 1. The van der Waals surface area contributed by atoms with Crippen LogP contribution in [-0.4, -0.2) is 33.4 Å². The van der Waals surface area contributed by atoms with Crippen molar-refractivity contribution in [1.29, 1.82) is 0 Å². The van der Waals surface area contributed by atoms with Gasteiger partial charge >= 0.3 is 0 Å². The van der Waals surface area contributed by atoms with Gasteiger partial charge in [0, 0.05) is 28.0 Å². The first kappa shape index (κ1) is 21.2. The lowest BCUT2D eigenvalue weighted by molar-refractivity contribution is -0.133. The third kappa shape index (κ3) is 4.10. The molecule has 0 aliphatic heterocycles. The lowest BCUT2D eigenvalue weighted by Crippen LogP contribution is -2.41. The highest BCUT2D eigenvalue weighted by Gasteiger charge is 2.24. The minimum Gasteiger partial charge on any atom is -0.341 e. The third-order valence-electron chi connectivity index (χ3n) is 6.03. The molecule has 0 bridgehead atoms. The second kappa shape index (κ2) is 9.02. The molecule has 2 heterocycles. The molecule has 0 spiro atoms. The molecule has 0 saturated heterocycles. The highest BCUT2D eigenvalue weighted by molar-refractivity contribution is 9.10. The second-order valence-electron chi connectivity index (χ2n) is 7.91. The van der Waals surface area contributed by atoms with E-state index in [1.165, 1.54) is 30.2 Å². The van der Waals surface area contributed by atoms with Crippen molar-refractivity contribution in [1.82, 2.24) is 14.5 Å². The molecule has 7 heteroatoms. The monoisotopic (exact) mass is 487 g/mol. The molecule has 30 heavy (non-hydrogen) atoms. The maximum Gasteiger partial charge on any atom is 0.263 e. The summed E-state index contributed by atoms with van der Waals surface area (Å²) in [5, 5.41) is 0.620. The van der Waals surface area contributed by atoms with E-state index < -0.39 is 0 Å². The number of hydrogen-bond acceptors (Lipinski definition) is 4. The molecule has 0 unspecified atom stereocenters. The Morgan fingerprint density at radius 2 is 1.93 bits per heavy atom. The normalized spacial score (nSPS) is 14.9. The average Bonchev–Trinajstić information content (AvgIpc) is 3.15. The van der Waals surface area contributed by atoms with E-state index in [1.54, 1.807) is 11.3 Å². The van der Waals surface area contributed by atoms with Gasteiger partial charge in [-0.15, -0.1) is 11.3 Å². The van der Waals surface area contributed by atoms with Gasteiger partial charge in [0.2, 0.25) is 5.91 Å². The van der Waals surface area contributed by atoms with Gasteiger partial charge in [0.15, 0.2) is 0 Å². The predicted octanol–water partition coefficient (Wildman–Crippen LogP) is 5.24. The molecular weight excluding hydrogens is 462 g/mol. The molecule has 1 aliphatic rings. The van der Waals surface area contributed by atoms with E-state index in [4.69, 9.17) is 0 Å². The lowest BCUT2D eigenvalue weighted by atomic mass is 9.94. The summed E-state index contributed by atoms with van der Waals surface area (Å²) in [7, 11) is 1.86. The Kier molecular flexibility index (Phi) is 6.39. The number of thiophene rings is 1. The van der Waals surface area contributed by atoms with Gasteiger partial charge in [-0.2, -0.15) is 0 Å². The number of rotatable bonds is 5. The number of aromatic nitrogens is 2. The van der Waals surface area contributed by atoms with Crippen LogP contribution in [0.15, 0.2) is 39.9 Å². The maximum atomic E-state index is 13.4. The molecule has 1 amide bonds. The second-order valence-corrected chi connectivity index (χ2v) is 9.91. The predicted molar refractivity (Wildman–Crippen MR) is 126 cm³/mol. The van der Waals surface area contributed by atoms with Crippen molar-refractivity contribution in [3.63, 3.8) is 0 Å². The zero-order chi connectivity index (χ0) is 21.3. The fourth-order valence-corrected chi connectivity index (χ4v) is 5.64. The van der Waals surface area contributed by atoms with E-state index >= 15 is 0 Å². The molecule has 4 rings (SSSR count). The number of nitrogens with zero attached hydrogens (tertiary/aromatic N) is 3. The Morgan fingerprint density at radius 1 is 1.23 bits per heavy atom. The topological polar surface area (TPSA) is 55.2 Å². The van der Waals surface area contributed by atoms with Crippen LogP contribution in [-0.2, 0) is 17.8 Å². The summed E-state index contributed by atoms with van der Waals surface area (Å²) in [5.74, 6) is -0.0266. The van der Waals surface area contributed by atoms with Crippen molar-refractivity contribution in [3.8, 4) is 11.1 Å². The average molecular weight is 488 g/mol. The molecule has 3 aromatic rings. The van der Waals surface area contributed by atoms with Crippen molar-refractivity contribution in [2.75, 3.05) is 7.05 Å². The van der Waals surface area contributed by atoms with Crippen LogP contribution in [0.1, 0.15) is 43.9 Å². The van der Waals surface area contributed by atoms with Crippen molar-refractivity contribution < 1.29 is 4.79 Å². The summed E-state index contributed by atoms with van der Waals surface area (Å²) in [5.41, 5.74) is 1.81. The zero-order valence-corrected chi connectivity index (χ0v) is 19.8. The number of aryl methyl sites for hydroxylation is 1. The molecule has 2 aromatic heterocycles. The van der Waals surface area contributed by atoms with Crippen LogP contribution in [0.5, 0.6) is 0 Å². The van der Waals surface area contributed by atoms with Gasteiger partial charge in [-0.3, -0.25) is 14.2 Å². The van der Waals surface area contributed by atoms with Crippen LogP contribution in [0, 0.1) is 0 Å². The van der Waals surface area contributed by atoms with Crippen LogP contribution >= 0.6 is 27.3 Å². The largest absolute Gasteiger partial charge is 0.341 e. The number of amides is 1. The number of fused-ring (bicyclic) bond motifs is 1. The maximum absolute atomic E-state index is 13.4. The first-order valence-electron chi connectivity index (χ1n) is 10.5. The summed E-state index contributed by atoms with van der Waals surface area (Å²) in [6.07, 6.45) is 8.03. The third-order valence-corrected chi connectivity index (χ3v) is 7.80. The summed E-state index contributed by atoms with van der Waals surface area (Å²) >= 11 is 5.04. The summed E-state index contributed by atoms with van der Waals surface area (Å²) in [6, 6.07) is 8.28. The fourth-order valence-electron chi connectivity index (χ4n) is 4.29. The molecule has 0 atom stereocenters. The Morgan fingerprint density at radius 3 is 2.60 bits per heavy atom. The lowest BCUT2D eigenvalue weighted by Gasteiger charge is -2.31. The number of halogens is 1. The number of benzene rings is 1. The van der Waals surface area contributed by atoms with Crippen LogP contribution < -0.4 is 5.56 Å². The SMILES string of the molecule is CCc1sc2ncn(CC(=O)N(C)C3CCCCC3)c(=O)c2c1-c1ccc(Br)cc1. The summed E-state index contributed by atoms with van der Waals surface area (Å²) in [6.45, 7) is 2.13. The van der Waals surface area contributed by atoms with Crippen LogP contribution in [0.2, 0.25) is 0 Å². The molecule has 1 saturated carbocycles. The minimum absolute atomic E-state index is 0.0266. The summed E-state index contributed by atoms with van der Waals surface area (Å²) < 4.78 is 2.47. The van der Waals surface area contributed by atoms with Crippen molar-refractivity contribution in [2.45, 2.75) is 58.0 Å². The molecule has 1 aliphatic carbocycles. The number of carbonyl (C=O) groups is 1. The van der Waals surface area contributed by atoms with E-state index in [2.05, 4.69) is 27.8 Å². The van der Waals surface area contributed by atoms with Gasteiger partial charge in [-0.25, -0.2) is 4.98 Å². The van der Waals surface area contributed by atoms with Gasteiger partial charge < -0.3 is 4.90 Å². The Balaban J connectivity index is 1.71. The van der Waals surface area contributed by atoms with E-state index in [0.717, 1.165) is 44.6 Å². The quantitative estimate of drug-likeness (QED) is 0.494. The molecule has 158 valence electrons. The van der Waals surface area contributed by atoms with Crippen molar-refractivity contribution in [2.24, 2.45) is 0 Å². The van der Waals surface area contributed by atoms with Gasteiger partial charge in [0.25, 0.3) is 5.56 Å². The first-order valence-corrected chi connectivity index (χ1v) is 12.1. The number of hydrogen-bond donors (Lipinski definition) is 0. The zero-order valence-electron chi connectivity index (χ0n) is 17.4. The highest BCUT2D eigenvalue weighted by atomic mass is 79.9. The molecule has 1 aromatic carbocycles. The smallest absolute Gasteiger partial charge is 0.263 e. The molecule has 5 nitrogen and oxygen atoms in total. The fraction of sp³-hybridized carbons (Fsp3) is 0.435.